The van der Waals surface area contributed by atoms with Crippen molar-refractivity contribution < 1.29 is 9.21 Å². The van der Waals surface area contributed by atoms with E-state index in [0.29, 0.717) is 43.5 Å². The molecular formula is C24H28N4O4S. The third-order valence-corrected chi connectivity index (χ3v) is 6.89. The van der Waals surface area contributed by atoms with Crippen molar-refractivity contribution in [2.45, 2.75) is 18.4 Å². The van der Waals surface area contributed by atoms with Crippen molar-refractivity contribution in [2.75, 3.05) is 31.1 Å². The molecule has 1 saturated heterocycles. The summed E-state index contributed by atoms with van der Waals surface area (Å²) in [6.07, 6.45) is 0. The second kappa shape index (κ2) is 9.74. The molecule has 2 aromatic heterocycles. The molecule has 1 aromatic carbocycles. The fourth-order valence-electron chi connectivity index (χ4n) is 3.96. The minimum Gasteiger partial charge on any atom is -0.455 e. The molecule has 3 heterocycles. The van der Waals surface area contributed by atoms with Crippen LogP contribution < -0.4 is 16.1 Å². The van der Waals surface area contributed by atoms with Crippen LogP contribution >= 0.6 is 11.8 Å². The normalized spacial score (nSPS) is 14.0. The summed E-state index contributed by atoms with van der Waals surface area (Å²) in [6, 6.07) is 13.5. The summed E-state index contributed by atoms with van der Waals surface area (Å²) in [4.78, 5) is 40.8. The van der Waals surface area contributed by atoms with E-state index in [4.69, 9.17) is 4.42 Å². The minimum atomic E-state index is -0.362. The molecule has 1 aliphatic rings. The van der Waals surface area contributed by atoms with E-state index in [-0.39, 0.29) is 17.2 Å². The molecule has 0 bridgehead atoms. The summed E-state index contributed by atoms with van der Waals surface area (Å²) in [6.45, 7) is 4.12. The van der Waals surface area contributed by atoms with Crippen molar-refractivity contribution in [2.24, 2.45) is 14.1 Å². The molecule has 0 spiro atoms. The molecule has 174 valence electrons. The van der Waals surface area contributed by atoms with Crippen LogP contribution in [-0.2, 0) is 25.6 Å². The first-order valence-electron chi connectivity index (χ1n) is 10.9. The fourth-order valence-corrected chi connectivity index (χ4v) is 4.83. The molecule has 0 atom stereocenters. The number of anilines is 1. The number of hydrogen-bond donors (Lipinski definition) is 0. The van der Waals surface area contributed by atoms with E-state index < -0.39 is 0 Å². The number of hydrogen-bond acceptors (Lipinski definition) is 6. The first-order valence-corrected chi connectivity index (χ1v) is 12.0. The number of furan rings is 1. The first-order chi connectivity index (χ1) is 15.8. The van der Waals surface area contributed by atoms with E-state index >= 15 is 0 Å². The van der Waals surface area contributed by atoms with Crippen LogP contribution in [0.15, 0.2) is 56.5 Å². The zero-order valence-electron chi connectivity index (χ0n) is 19.1. The Morgan fingerprint density at radius 3 is 2.45 bits per heavy atom. The average molecular weight is 469 g/mol. The van der Waals surface area contributed by atoms with Gasteiger partial charge in [-0.15, -0.1) is 11.8 Å². The average Bonchev–Trinajstić information content (AvgIpc) is 3.29. The largest absolute Gasteiger partial charge is 0.455 e. The zero-order valence-corrected chi connectivity index (χ0v) is 19.9. The second-order valence-corrected chi connectivity index (χ2v) is 9.25. The molecular weight excluding hydrogens is 440 g/mol. The van der Waals surface area contributed by atoms with E-state index in [0.717, 1.165) is 16.1 Å². The maximum absolute atomic E-state index is 12.9. The predicted molar refractivity (Wildman–Crippen MR) is 130 cm³/mol. The number of aryl methyl sites for hydroxylation is 1. The molecule has 0 radical (unpaired) electrons. The molecule has 1 amide bonds. The highest BCUT2D eigenvalue weighted by Crippen LogP contribution is 2.21. The lowest BCUT2D eigenvalue weighted by Crippen LogP contribution is -2.51. The Morgan fingerprint density at radius 1 is 0.970 bits per heavy atom. The lowest BCUT2D eigenvalue weighted by Gasteiger charge is -2.36. The number of piperazine rings is 1. The van der Waals surface area contributed by atoms with Crippen LogP contribution in [0.2, 0.25) is 0 Å². The lowest BCUT2D eigenvalue weighted by molar-refractivity contribution is 0.0712. The van der Waals surface area contributed by atoms with Gasteiger partial charge in [0.25, 0.3) is 11.5 Å². The Hall–Kier alpha value is -3.20. The molecule has 33 heavy (non-hydrogen) atoms. The van der Waals surface area contributed by atoms with Crippen LogP contribution in [0.25, 0.3) is 0 Å². The van der Waals surface area contributed by atoms with Gasteiger partial charge < -0.3 is 14.2 Å². The third kappa shape index (κ3) is 5.08. The van der Waals surface area contributed by atoms with Gasteiger partial charge in [0.2, 0.25) is 0 Å². The summed E-state index contributed by atoms with van der Waals surface area (Å²) in [5.74, 6) is 3.15. The highest BCUT2D eigenvalue weighted by Gasteiger charge is 2.26. The van der Waals surface area contributed by atoms with Gasteiger partial charge in [0.1, 0.15) is 11.6 Å². The van der Waals surface area contributed by atoms with Gasteiger partial charge in [-0.2, -0.15) is 0 Å². The topological polar surface area (TPSA) is 80.7 Å². The van der Waals surface area contributed by atoms with Crippen LogP contribution in [-0.4, -0.2) is 46.1 Å². The van der Waals surface area contributed by atoms with E-state index in [1.165, 1.54) is 28.8 Å². The van der Waals surface area contributed by atoms with Gasteiger partial charge in [0, 0.05) is 52.1 Å². The van der Waals surface area contributed by atoms with Gasteiger partial charge in [-0.25, -0.2) is 4.79 Å². The van der Waals surface area contributed by atoms with Crippen LogP contribution in [0.4, 0.5) is 5.82 Å². The number of carbonyl (C=O) groups excluding carboxylic acids is 1. The SMILES string of the molecule is Cc1cccc(CSCc2ccc(C(=O)N3CCN(c4cc(=O)n(C)c(=O)n4C)CC3)o2)c1. The van der Waals surface area contributed by atoms with Crippen LogP contribution in [0.5, 0.6) is 0 Å². The summed E-state index contributed by atoms with van der Waals surface area (Å²) >= 11 is 1.75. The Bertz CT molecular complexity index is 1270. The van der Waals surface area contributed by atoms with Crippen molar-refractivity contribution >= 4 is 23.5 Å². The monoisotopic (exact) mass is 468 g/mol. The van der Waals surface area contributed by atoms with Gasteiger partial charge in [-0.3, -0.25) is 18.7 Å². The molecule has 8 nitrogen and oxygen atoms in total. The number of nitrogens with zero attached hydrogens (tertiary/aromatic N) is 4. The van der Waals surface area contributed by atoms with Crippen molar-refractivity contribution in [3.63, 3.8) is 0 Å². The number of rotatable bonds is 6. The maximum Gasteiger partial charge on any atom is 0.332 e. The summed E-state index contributed by atoms with van der Waals surface area (Å²) in [5, 5.41) is 0. The summed E-state index contributed by atoms with van der Waals surface area (Å²) < 4.78 is 8.37. The zero-order chi connectivity index (χ0) is 23.5. The van der Waals surface area contributed by atoms with Crippen LogP contribution in [0.3, 0.4) is 0 Å². The number of amides is 1. The fraction of sp³-hybridized carbons (Fsp3) is 0.375. The molecule has 1 fully saturated rings. The Kier molecular flexibility index (Phi) is 6.78. The lowest BCUT2D eigenvalue weighted by atomic mass is 10.2. The maximum atomic E-state index is 12.9. The van der Waals surface area contributed by atoms with E-state index in [1.807, 2.05) is 11.0 Å². The van der Waals surface area contributed by atoms with Gasteiger partial charge in [0.15, 0.2) is 5.76 Å². The molecule has 0 aliphatic carbocycles. The Balaban J connectivity index is 1.33. The van der Waals surface area contributed by atoms with E-state index in [9.17, 15) is 14.4 Å². The molecule has 0 saturated carbocycles. The highest BCUT2D eigenvalue weighted by atomic mass is 32.2. The van der Waals surface area contributed by atoms with Gasteiger partial charge in [0.05, 0.1) is 5.75 Å². The quantitative estimate of drug-likeness (QED) is 0.553. The number of thioether (sulfide) groups is 1. The summed E-state index contributed by atoms with van der Waals surface area (Å²) in [7, 11) is 3.11. The van der Waals surface area contributed by atoms with Crippen molar-refractivity contribution in [1.82, 2.24) is 14.0 Å². The van der Waals surface area contributed by atoms with Crippen LogP contribution in [0, 0.1) is 6.92 Å². The van der Waals surface area contributed by atoms with Crippen molar-refractivity contribution in [3.8, 4) is 0 Å². The van der Waals surface area contributed by atoms with Crippen LogP contribution in [0.1, 0.15) is 27.4 Å². The number of benzene rings is 1. The molecule has 9 heteroatoms. The van der Waals surface area contributed by atoms with Gasteiger partial charge in [-0.1, -0.05) is 29.8 Å². The van der Waals surface area contributed by atoms with Gasteiger partial charge in [-0.05, 0) is 24.6 Å². The van der Waals surface area contributed by atoms with E-state index in [1.54, 1.807) is 29.8 Å². The Morgan fingerprint density at radius 2 is 1.73 bits per heavy atom. The van der Waals surface area contributed by atoms with Crippen molar-refractivity contribution in [3.05, 3.63) is 86.0 Å². The number of carbonyl (C=O) groups is 1. The molecule has 0 unspecified atom stereocenters. The van der Waals surface area contributed by atoms with Gasteiger partial charge >= 0.3 is 5.69 Å². The Labute approximate surface area is 196 Å². The molecule has 4 rings (SSSR count). The van der Waals surface area contributed by atoms with E-state index in [2.05, 4.69) is 31.2 Å². The molecule has 0 N–H and O–H groups in total. The third-order valence-electron chi connectivity index (χ3n) is 5.86. The smallest absolute Gasteiger partial charge is 0.332 e. The standard InChI is InChI=1S/C24H28N4O4S/c1-17-5-4-6-18(13-17)15-33-16-19-7-8-20(32-19)23(30)28-11-9-27(10-12-28)21-14-22(29)26(3)24(31)25(21)2/h4-8,13-14H,9-12,15-16H2,1-3H3. The highest BCUT2D eigenvalue weighted by molar-refractivity contribution is 7.97. The molecule has 1 aliphatic heterocycles. The number of aromatic nitrogens is 2. The first kappa shape index (κ1) is 23.0. The second-order valence-electron chi connectivity index (χ2n) is 8.27. The molecule has 3 aromatic rings. The summed E-state index contributed by atoms with van der Waals surface area (Å²) in [5.41, 5.74) is 1.82. The minimum absolute atomic E-state index is 0.137. The van der Waals surface area contributed by atoms with Crippen molar-refractivity contribution in [1.29, 1.82) is 0 Å². The predicted octanol–water partition coefficient (Wildman–Crippen LogP) is 2.38.